The van der Waals surface area contributed by atoms with E-state index in [0.29, 0.717) is 5.13 Å². The fraction of sp³-hybridized carbons (Fsp3) is 0. The first-order valence-electron chi connectivity index (χ1n) is 5.66. The van der Waals surface area contributed by atoms with Gasteiger partial charge in [-0.05, 0) is 22.9 Å². The first-order chi connectivity index (χ1) is 9.24. The molecule has 0 saturated carbocycles. The van der Waals surface area contributed by atoms with Gasteiger partial charge in [-0.3, -0.25) is 10.1 Å². The lowest BCUT2D eigenvalue weighted by atomic mass is 10.1. The maximum Gasteiger partial charge on any atom is 0.261 e. The van der Waals surface area contributed by atoms with Crippen LogP contribution in [0.3, 0.4) is 0 Å². The molecule has 0 aliphatic heterocycles. The van der Waals surface area contributed by atoms with Crippen LogP contribution in [0, 0.1) is 0 Å². The summed E-state index contributed by atoms with van der Waals surface area (Å²) in [6.45, 7) is 0. The number of thiazole rings is 1. The van der Waals surface area contributed by atoms with Gasteiger partial charge < -0.3 is 5.11 Å². The normalized spacial score (nSPS) is 10.5. The van der Waals surface area contributed by atoms with Crippen molar-refractivity contribution in [1.82, 2.24) is 4.98 Å². The molecule has 5 heteroatoms. The van der Waals surface area contributed by atoms with E-state index < -0.39 is 0 Å². The van der Waals surface area contributed by atoms with Gasteiger partial charge in [0.1, 0.15) is 5.75 Å². The molecule has 1 heterocycles. The van der Waals surface area contributed by atoms with E-state index in [-0.39, 0.29) is 17.2 Å². The highest BCUT2D eigenvalue weighted by Gasteiger charge is 2.13. The number of hydrogen-bond acceptors (Lipinski definition) is 4. The third kappa shape index (κ3) is 2.28. The largest absolute Gasteiger partial charge is 0.507 e. The van der Waals surface area contributed by atoms with Crippen LogP contribution in [0.1, 0.15) is 10.4 Å². The Balaban J connectivity index is 1.99. The van der Waals surface area contributed by atoms with Crippen molar-refractivity contribution >= 4 is 33.1 Å². The highest BCUT2D eigenvalue weighted by Crippen LogP contribution is 2.26. The van der Waals surface area contributed by atoms with Crippen LogP contribution in [0.5, 0.6) is 5.75 Å². The average Bonchev–Trinajstić information content (AvgIpc) is 2.90. The van der Waals surface area contributed by atoms with E-state index >= 15 is 0 Å². The molecule has 4 nitrogen and oxygen atoms in total. The molecular formula is C14H10N2O2S. The first kappa shape index (κ1) is 11.7. The topological polar surface area (TPSA) is 62.2 Å². The number of benzene rings is 2. The van der Waals surface area contributed by atoms with Gasteiger partial charge in [-0.1, -0.05) is 24.3 Å². The lowest BCUT2D eigenvalue weighted by Crippen LogP contribution is -2.11. The van der Waals surface area contributed by atoms with E-state index in [9.17, 15) is 9.90 Å². The van der Waals surface area contributed by atoms with Crippen LogP contribution in [-0.2, 0) is 0 Å². The van der Waals surface area contributed by atoms with Crippen LogP contribution < -0.4 is 5.32 Å². The summed E-state index contributed by atoms with van der Waals surface area (Å²) < 4.78 is 0. The van der Waals surface area contributed by atoms with Crippen LogP contribution in [-0.4, -0.2) is 16.0 Å². The van der Waals surface area contributed by atoms with Crippen molar-refractivity contribution in [3.63, 3.8) is 0 Å². The summed E-state index contributed by atoms with van der Waals surface area (Å²) in [5.41, 5.74) is 0.244. The summed E-state index contributed by atoms with van der Waals surface area (Å²) in [6, 6.07) is 10.8. The van der Waals surface area contributed by atoms with Gasteiger partial charge in [0.15, 0.2) is 5.13 Å². The maximum absolute atomic E-state index is 12.1. The molecule has 0 unspecified atom stereocenters. The van der Waals surface area contributed by atoms with Crippen LogP contribution >= 0.6 is 11.3 Å². The van der Waals surface area contributed by atoms with Crippen LogP contribution in [0.15, 0.2) is 48.0 Å². The molecule has 0 aliphatic rings. The van der Waals surface area contributed by atoms with Crippen molar-refractivity contribution in [2.75, 3.05) is 5.32 Å². The van der Waals surface area contributed by atoms with Crippen LogP contribution in [0.2, 0.25) is 0 Å². The van der Waals surface area contributed by atoms with E-state index in [1.54, 1.807) is 23.7 Å². The van der Waals surface area contributed by atoms with E-state index in [1.165, 1.54) is 11.3 Å². The minimum absolute atomic E-state index is 0.0345. The second kappa shape index (κ2) is 4.70. The van der Waals surface area contributed by atoms with Gasteiger partial charge in [0.05, 0.1) is 5.56 Å². The fourth-order valence-corrected chi connectivity index (χ4v) is 2.38. The number of phenolic OH excluding ortho intramolecular Hbond substituents is 1. The molecule has 0 atom stereocenters. The zero-order chi connectivity index (χ0) is 13.2. The maximum atomic E-state index is 12.1. The lowest BCUT2D eigenvalue weighted by molar-refractivity contribution is 0.102. The third-order valence-electron chi connectivity index (χ3n) is 2.76. The number of rotatable bonds is 2. The molecule has 2 N–H and O–H groups in total. The average molecular weight is 270 g/mol. The lowest BCUT2D eigenvalue weighted by Gasteiger charge is -2.06. The number of nitrogens with zero attached hydrogens (tertiary/aromatic N) is 1. The van der Waals surface area contributed by atoms with E-state index in [0.717, 1.165) is 10.8 Å². The molecule has 0 radical (unpaired) electrons. The van der Waals surface area contributed by atoms with E-state index in [1.807, 2.05) is 24.3 Å². The quantitative estimate of drug-likeness (QED) is 0.751. The SMILES string of the molecule is O=C(Nc1nccs1)c1cc2ccccc2cc1O. The molecule has 2 aromatic carbocycles. The Morgan fingerprint density at radius 3 is 2.63 bits per heavy atom. The molecule has 3 aromatic rings. The van der Waals surface area contributed by atoms with Gasteiger partial charge in [0.25, 0.3) is 5.91 Å². The number of aromatic nitrogens is 1. The minimum Gasteiger partial charge on any atom is -0.507 e. The minimum atomic E-state index is -0.363. The smallest absolute Gasteiger partial charge is 0.261 e. The number of anilines is 1. The van der Waals surface area contributed by atoms with Crippen molar-refractivity contribution in [2.24, 2.45) is 0 Å². The number of hydrogen-bond donors (Lipinski definition) is 2. The summed E-state index contributed by atoms with van der Waals surface area (Å²) in [5.74, 6) is -0.397. The Hall–Kier alpha value is -2.40. The molecule has 1 amide bonds. The van der Waals surface area contributed by atoms with Crippen molar-refractivity contribution in [1.29, 1.82) is 0 Å². The summed E-state index contributed by atoms with van der Waals surface area (Å²) >= 11 is 1.33. The Kier molecular flexibility index (Phi) is 2.89. The van der Waals surface area contributed by atoms with Crippen molar-refractivity contribution in [2.45, 2.75) is 0 Å². The number of nitrogens with one attached hydrogen (secondary N) is 1. The Morgan fingerprint density at radius 1 is 1.21 bits per heavy atom. The number of fused-ring (bicyclic) bond motifs is 1. The van der Waals surface area contributed by atoms with Crippen molar-refractivity contribution < 1.29 is 9.90 Å². The summed E-state index contributed by atoms with van der Waals surface area (Å²) in [5, 5.41) is 16.7. The zero-order valence-electron chi connectivity index (χ0n) is 9.83. The van der Waals surface area contributed by atoms with Crippen molar-refractivity contribution in [3.05, 3.63) is 53.5 Å². The molecule has 1 aromatic heterocycles. The second-order valence-corrected chi connectivity index (χ2v) is 4.90. The van der Waals surface area contributed by atoms with Crippen LogP contribution in [0.4, 0.5) is 5.13 Å². The Labute approximate surface area is 113 Å². The number of phenols is 1. The zero-order valence-corrected chi connectivity index (χ0v) is 10.6. The van der Waals surface area contributed by atoms with Gasteiger partial charge >= 0.3 is 0 Å². The highest BCUT2D eigenvalue weighted by molar-refractivity contribution is 7.13. The third-order valence-corrected chi connectivity index (χ3v) is 3.45. The molecular weight excluding hydrogens is 260 g/mol. The number of carbonyl (C=O) groups excluding carboxylic acids is 1. The number of amides is 1. The summed E-state index contributed by atoms with van der Waals surface area (Å²) in [6.07, 6.45) is 1.61. The predicted octanol–water partition coefficient (Wildman–Crippen LogP) is 3.25. The number of aromatic hydroxyl groups is 1. The fourth-order valence-electron chi connectivity index (χ4n) is 1.86. The molecule has 3 rings (SSSR count). The molecule has 19 heavy (non-hydrogen) atoms. The Bertz CT molecular complexity index is 738. The molecule has 94 valence electrons. The summed E-state index contributed by atoms with van der Waals surface area (Å²) in [4.78, 5) is 16.1. The molecule has 0 fully saturated rings. The van der Waals surface area contributed by atoms with Gasteiger partial charge in [-0.2, -0.15) is 0 Å². The molecule has 0 spiro atoms. The Morgan fingerprint density at radius 2 is 1.95 bits per heavy atom. The summed E-state index contributed by atoms with van der Waals surface area (Å²) in [7, 11) is 0. The van der Waals surface area contributed by atoms with Gasteiger partial charge in [-0.25, -0.2) is 4.98 Å². The molecule has 0 saturated heterocycles. The van der Waals surface area contributed by atoms with E-state index in [2.05, 4.69) is 10.3 Å². The van der Waals surface area contributed by atoms with E-state index in [4.69, 9.17) is 0 Å². The monoisotopic (exact) mass is 270 g/mol. The van der Waals surface area contributed by atoms with Gasteiger partial charge in [0, 0.05) is 11.6 Å². The molecule has 0 aliphatic carbocycles. The molecule has 0 bridgehead atoms. The van der Waals surface area contributed by atoms with Gasteiger partial charge in [-0.15, -0.1) is 11.3 Å². The standard InChI is InChI=1S/C14H10N2O2S/c17-12-8-10-4-2-1-3-9(10)7-11(12)13(18)16-14-15-5-6-19-14/h1-8,17H,(H,15,16,18). The predicted molar refractivity (Wildman–Crippen MR) is 75.7 cm³/mol. The first-order valence-corrected chi connectivity index (χ1v) is 6.54. The van der Waals surface area contributed by atoms with Gasteiger partial charge in [0.2, 0.25) is 0 Å². The highest BCUT2D eigenvalue weighted by atomic mass is 32.1. The number of carbonyl (C=O) groups is 1. The second-order valence-electron chi connectivity index (χ2n) is 4.01. The van der Waals surface area contributed by atoms with Crippen molar-refractivity contribution in [3.8, 4) is 5.75 Å². The van der Waals surface area contributed by atoms with Crippen LogP contribution in [0.25, 0.3) is 10.8 Å².